The Kier molecular flexibility index (Phi) is 5.88. The summed E-state index contributed by atoms with van der Waals surface area (Å²) in [5, 5.41) is 30.2. The first-order chi connectivity index (χ1) is 15.9. The van der Waals surface area contributed by atoms with Gasteiger partial charge in [0.15, 0.2) is 0 Å². The number of anilines is 1. The molecule has 0 fully saturated rings. The molecule has 12 heteroatoms. The number of carbonyl (C=O) groups excluding carboxylic acids is 3. The second kappa shape index (κ2) is 8.93. The van der Waals surface area contributed by atoms with E-state index in [1.165, 1.54) is 23.9 Å². The Labute approximate surface area is 190 Å². The van der Waals surface area contributed by atoms with Crippen molar-refractivity contribution in [3.05, 3.63) is 80.9 Å². The lowest BCUT2D eigenvalue weighted by atomic mass is 10.1. The average molecular weight is 462 g/mol. The molecule has 4 rings (SSSR count). The van der Waals surface area contributed by atoms with Crippen LogP contribution in [0.2, 0.25) is 0 Å². The Balaban J connectivity index is 1.46. The minimum Gasteiger partial charge on any atom is -0.308 e. The van der Waals surface area contributed by atoms with Crippen LogP contribution in [0.3, 0.4) is 0 Å². The number of amides is 3. The number of hydrogen-bond donors (Lipinski definition) is 2. The third-order valence-corrected chi connectivity index (χ3v) is 5.85. The van der Waals surface area contributed by atoms with Crippen molar-refractivity contribution in [3.8, 4) is 6.07 Å². The topological polar surface area (TPSA) is 162 Å². The van der Waals surface area contributed by atoms with Gasteiger partial charge in [-0.1, -0.05) is 48.2 Å². The molecular weight excluding hydrogens is 448 g/mol. The van der Waals surface area contributed by atoms with Crippen LogP contribution in [0.1, 0.15) is 31.8 Å². The Morgan fingerprint density at radius 1 is 1.18 bits per heavy atom. The van der Waals surface area contributed by atoms with Crippen LogP contribution in [0.4, 0.5) is 11.5 Å². The number of nitro benzene ring substituents is 1. The number of nitro groups is 1. The number of nitriles is 1. The van der Waals surface area contributed by atoms with Gasteiger partial charge < -0.3 is 5.32 Å². The van der Waals surface area contributed by atoms with Gasteiger partial charge in [0.25, 0.3) is 17.5 Å². The standard InChI is InChI=1S/C21H14N6O5S/c22-9-14-18(24-25-19(14)33-11-12-5-2-1-3-6-12)23-16(28)10-26-20(29)13-7-4-8-15(27(31)32)17(13)21(26)30/h1-8H,10-11H2,(H2,23,24,25,28). The van der Waals surface area contributed by atoms with Crippen LogP contribution >= 0.6 is 11.8 Å². The number of aromatic nitrogens is 2. The second-order valence-corrected chi connectivity index (χ2v) is 7.83. The highest BCUT2D eigenvalue weighted by Gasteiger charge is 2.41. The first-order valence-corrected chi connectivity index (χ1v) is 10.5. The maximum absolute atomic E-state index is 12.6. The van der Waals surface area contributed by atoms with Crippen molar-refractivity contribution in [1.29, 1.82) is 5.26 Å². The van der Waals surface area contributed by atoms with Crippen molar-refractivity contribution in [2.24, 2.45) is 0 Å². The number of thioether (sulfide) groups is 1. The van der Waals surface area contributed by atoms with Gasteiger partial charge in [0.2, 0.25) is 5.91 Å². The SMILES string of the molecule is N#Cc1c(SCc2ccccc2)n[nH]c1NC(=O)CN1C(=O)c2cccc([N+](=O)[O-])c2C1=O. The molecular formula is C21H14N6O5S. The molecule has 0 saturated carbocycles. The fourth-order valence-electron chi connectivity index (χ4n) is 3.28. The van der Waals surface area contributed by atoms with Crippen molar-refractivity contribution < 1.29 is 19.3 Å². The summed E-state index contributed by atoms with van der Waals surface area (Å²) in [6, 6.07) is 15.2. The molecule has 1 aliphatic rings. The van der Waals surface area contributed by atoms with Crippen LogP contribution in [0.25, 0.3) is 0 Å². The number of imide groups is 1. The molecule has 3 amide bonds. The number of nitrogens with one attached hydrogen (secondary N) is 2. The molecule has 0 unspecified atom stereocenters. The van der Waals surface area contributed by atoms with Crippen LogP contribution in [0, 0.1) is 21.4 Å². The van der Waals surface area contributed by atoms with Crippen molar-refractivity contribution in [3.63, 3.8) is 0 Å². The number of aromatic amines is 1. The normalized spacial score (nSPS) is 12.4. The molecule has 0 saturated heterocycles. The summed E-state index contributed by atoms with van der Waals surface area (Å²) >= 11 is 1.30. The fraction of sp³-hybridized carbons (Fsp3) is 0.0952. The molecule has 1 aromatic heterocycles. The van der Waals surface area contributed by atoms with E-state index in [0.717, 1.165) is 11.6 Å². The Morgan fingerprint density at radius 3 is 2.64 bits per heavy atom. The van der Waals surface area contributed by atoms with E-state index in [2.05, 4.69) is 15.5 Å². The van der Waals surface area contributed by atoms with Gasteiger partial charge in [-0.15, -0.1) is 0 Å². The van der Waals surface area contributed by atoms with E-state index in [-0.39, 0.29) is 22.5 Å². The van der Waals surface area contributed by atoms with E-state index in [0.29, 0.717) is 15.7 Å². The van der Waals surface area contributed by atoms with Gasteiger partial charge in [-0.25, -0.2) is 0 Å². The summed E-state index contributed by atoms with van der Waals surface area (Å²) in [5.74, 6) is -1.92. The lowest BCUT2D eigenvalue weighted by Gasteiger charge is -2.13. The zero-order valence-electron chi connectivity index (χ0n) is 16.8. The molecule has 0 radical (unpaired) electrons. The predicted molar refractivity (Wildman–Crippen MR) is 116 cm³/mol. The number of carbonyl (C=O) groups is 3. The van der Waals surface area contributed by atoms with Gasteiger partial charge in [-0.3, -0.25) is 34.5 Å². The number of H-pyrrole nitrogens is 1. The van der Waals surface area contributed by atoms with Gasteiger partial charge >= 0.3 is 0 Å². The van der Waals surface area contributed by atoms with Crippen molar-refractivity contribution >= 4 is 41.0 Å². The van der Waals surface area contributed by atoms with Crippen LogP contribution in [-0.2, 0) is 10.5 Å². The summed E-state index contributed by atoms with van der Waals surface area (Å²) in [6.07, 6.45) is 0. The monoisotopic (exact) mass is 462 g/mol. The van der Waals surface area contributed by atoms with Gasteiger partial charge in [-0.05, 0) is 11.6 Å². The molecule has 1 aliphatic heterocycles. The summed E-state index contributed by atoms with van der Waals surface area (Å²) in [4.78, 5) is 48.8. The van der Waals surface area contributed by atoms with Crippen LogP contribution in [0.5, 0.6) is 0 Å². The van der Waals surface area contributed by atoms with E-state index in [1.807, 2.05) is 36.4 Å². The third kappa shape index (κ3) is 4.17. The van der Waals surface area contributed by atoms with Crippen molar-refractivity contribution in [2.75, 3.05) is 11.9 Å². The van der Waals surface area contributed by atoms with Gasteiger partial charge in [0, 0.05) is 11.8 Å². The molecule has 2 heterocycles. The van der Waals surface area contributed by atoms with Gasteiger partial charge in [-0.2, -0.15) is 10.4 Å². The van der Waals surface area contributed by atoms with E-state index >= 15 is 0 Å². The fourth-order valence-corrected chi connectivity index (χ4v) is 4.18. The molecule has 3 aromatic rings. The van der Waals surface area contributed by atoms with Crippen molar-refractivity contribution in [1.82, 2.24) is 15.1 Å². The number of fused-ring (bicyclic) bond motifs is 1. The lowest BCUT2D eigenvalue weighted by molar-refractivity contribution is -0.385. The zero-order chi connectivity index (χ0) is 23.5. The van der Waals surface area contributed by atoms with Crippen LogP contribution < -0.4 is 5.32 Å². The maximum atomic E-state index is 12.6. The van der Waals surface area contributed by atoms with E-state index in [1.54, 1.807) is 0 Å². The zero-order valence-corrected chi connectivity index (χ0v) is 17.6. The molecule has 164 valence electrons. The second-order valence-electron chi connectivity index (χ2n) is 6.87. The summed E-state index contributed by atoms with van der Waals surface area (Å²) in [6.45, 7) is -0.681. The predicted octanol–water partition coefficient (Wildman–Crippen LogP) is 2.72. The molecule has 2 aromatic carbocycles. The number of nitrogens with zero attached hydrogens (tertiary/aromatic N) is 4. The molecule has 0 spiro atoms. The van der Waals surface area contributed by atoms with Crippen LogP contribution in [0.15, 0.2) is 53.6 Å². The van der Waals surface area contributed by atoms with Gasteiger partial charge in [0.1, 0.15) is 34.6 Å². The molecule has 11 nitrogen and oxygen atoms in total. The Bertz CT molecular complexity index is 1330. The summed E-state index contributed by atoms with van der Waals surface area (Å²) in [5.41, 5.74) is 0.149. The molecule has 0 aliphatic carbocycles. The smallest absolute Gasteiger partial charge is 0.282 e. The van der Waals surface area contributed by atoms with Crippen molar-refractivity contribution in [2.45, 2.75) is 10.8 Å². The Morgan fingerprint density at radius 2 is 1.94 bits per heavy atom. The average Bonchev–Trinajstić information content (AvgIpc) is 3.31. The molecule has 0 bridgehead atoms. The first kappa shape index (κ1) is 21.7. The molecule has 33 heavy (non-hydrogen) atoms. The highest BCUT2D eigenvalue weighted by atomic mass is 32.2. The van der Waals surface area contributed by atoms with Crippen LogP contribution in [-0.4, -0.2) is 44.3 Å². The molecule has 0 atom stereocenters. The number of rotatable bonds is 7. The van der Waals surface area contributed by atoms with E-state index in [4.69, 9.17) is 0 Å². The first-order valence-electron chi connectivity index (χ1n) is 9.49. The highest BCUT2D eigenvalue weighted by molar-refractivity contribution is 7.98. The van der Waals surface area contributed by atoms with E-state index < -0.39 is 34.9 Å². The summed E-state index contributed by atoms with van der Waals surface area (Å²) < 4.78 is 0. The summed E-state index contributed by atoms with van der Waals surface area (Å²) in [7, 11) is 0. The largest absolute Gasteiger partial charge is 0.308 e. The third-order valence-electron chi connectivity index (χ3n) is 4.80. The lowest BCUT2D eigenvalue weighted by Crippen LogP contribution is -2.37. The maximum Gasteiger partial charge on any atom is 0.282 e. The molecule has 2 N–H and O–H groups in total. The number of benzene rings is 2. The Hall–Kier alpha value is -4.50. The quantitative estimate of drug-likeness (QED) is 0.234. The minimum absolute atomic E-state index is 0.0284. The minimum atomic E-state index is -0.929. The highest BCUT2D eigenvalue weighted by Crippen LogP contribution is 2.31. The van der Waals surface area contributed by atoms with E-state index in [9.17, 15) is 29.8 Å². The van der Waals surface area contributed by atoms with Gasteiger partial charge in [0.05, 0.1) is 10.5 Å². The number of hydrogen-bond acceptors (Lipinski definition) is 8.